The maximum Gasteiger partial charge on any atom is 0.251 e. The number of nitrogens with one attached hydrogen (secondary N) is 1. The van der Waals surface area contributed by atoms with Gasteiger partial charge in [-0.05, 0) is 48.9 Å². The van der Waals surface area contributed by atoms with Crippen LogP contribution in [0.25, 0.3) is 0 Å². The molecule has 4 nitrogen and oxygen atoms in total. The summed E-state index contributed by atoms with van der Waals surface area (Å²) in [7, 11) is 0. The van der Waals surface area contributed by atoms with Gasteiger partial charge in [0.15, 0.2) is 0 Å². The number of benzene rings is 2. The van der Waals surface area contributed by atoms with Crippen LogP contribution < -0.4 is 5.32 Å². The Morgan fingerprint density at radius 3 is 2.41 bits per heavy atom. The van der Waals surface area contributed by atoms with Crippen LogP contribution in [0.15, 0.2) is 48.5 Å². The van der Waals surface area contributed by atoms with Crippen molar-refractivity contribution in [1.82, 2.24) is 10.2 Å². The van der Waals surface area contributed by atoms with E-state index >= 15 is 0 Å². The molecule has 27 heavy (non-hydrogen) atoms. The summed E-state index contributed by atoms with van der Waals surface area (Å²) in [4.78, 5) is 26.9. The van der Waals surface area contributed by atoms with Gasteiger partial charge in [0, 0.05) is 18.2 Å². The van der Waals surface area contributed by atoms with Crippen LogP contribution >= 0.6 is 0 Å². The van der Waals surface area contributed by atoms with E-state index in [0.717, 1.165) is 24.0 Å². The lowest BCUT2D eigenvalue weighted by molar-refractivity contribution is -0.131. The third-order valence-corrected chi connectivity index (χ3v) is 4.99. The van der Waals surface area contributed by atoms with E-state index in [1.807, 2.05) is 30.0 Å². The third kappa shape index (κ3) is 5.19. The zero-order valence-corrected chi connectivity index (χ0v) is 16.4. The summed E-state index contributed by atoms with van der Waals surface area (Å²) in [6.07, 6.45) is 2.09. The Kier molecular flexibility index (Phi) is 5.94. The summed E-state index contributed by atoms with van der Waals surface area (Å²) in [6.45, 7) is 6.93. The highest BCUT2D eigenvalue weighted by molar-refractivity contribution is 5.96. The van der Waals surface area contributed by atoms with Crippen LogP contribution in [-0.4, -0.2) is 29.3 Å². The van der Waals surface area contributed by atoms with Crippen LogP contribution in [0.4, 0.5) is 0 Å². The SMILES string of the molecule is Cc1cccc(C(=O)NCC(=O)N(Cc2ccc(C(C)C)cc2)C2CC2)c1. The van der Waals surface area contributed by atoms with Crippen molar-refractivity contribution in [2.75, 3.05) is 6.54 Å². The highest BCUT2D eigenvalue weighted by Crippen LogP contribution is 2.28. The summed E-state index contributed by atoms with van der Waals surface area (Å²) in [5, 5.41) is 2.77. The Hall–Kier alpha value is -2.62. The molecule has 0 spiro atoms. The number of carbonyl (C=O) groups excluding carboxylic acids is 2. The number of carbonyl (C=O) groups is 2. The maximum absolute atomic E-state index is 12.7. The third-order valence-electron chi connectivity index (χ3n) is 4.99. The Bertz CT molecular complexity index is 807. The van der Waals surface area contributed by atoms with Gasteiger partial charge in [-0.15, -0.1) is 0 Å². The lowest BCUT2D eigenvalue weighted by Crippen LogP contribution is -2.41. The Balaban J connectivity index is 1.59. The van der Waals surface area contributed by atoms with Gasteiger partial charge >= 0.3 is 0 Å². The molecule has 0 saturated heterocycles. The van der Waals surface area contributed by atoms with Crippen molar-refractivity contribution in [2.45, 2.75) is 52.1 Å². The van der Waals surface area contributed by atoms with Gasteiger partial charge in [0.1, 0.15) is 0 Å². The summed E-state index contributed by atoms with van der Waals surface area (Å²) in [5.41, 5.74) is 4.04. The normalized spacial score (nSPS) is 13.5. The maximum atomic E-state index is 12.7. The molecular formula is C23H28N2O2. The van der Waals surface area contributed by atoms with Gasteiger partial charge in [-0.25, -0.2) is 0 Å². The fraction of sp³-hybridized carbons (Fsp3) is 0.391. The fourth-order valence-electron chi connectivity index (χ4n) is 3.16. The molecule has 2 aromatic rings. The van der Waals surface area contributed by atoms with E-state index in [2.05, 4.69) is 43.4 Å². The van der Waals surface area contributed by atoms with Crippen LogP contribution in [0.3, 0.4) is 0 Å². The van der Waals surface area contributed by atoms with E-state index in [1.54, 1.807) is 6.07 Å². The fourth-order valence-corrected chi connectivity index (χ4v) is 3.16. The standard InChI is InChI=1S/C23H28N2O2/c1-16(2)19-9-7-18(8-10-19)15-25(21-11-12-21)22(26)14-24-23(27)20-6-4-5-17(3)13-20/h4-10,13,16,21H,11-12,14-15H2,1-3H3,(H,24,27). The average Bonchev–Trinajstić information content (AvgIpc) is 3.49. The molecule has 1 N–H and O–H groups in total. The summed E-state index contributed by atoms with van der Waals surface area (Å²) >= 11 is 0. The van der Waals surface area contributed by atoms with E-state index in [9.17, 15) is 9.59 Å². The van der Waals surface area contributed by atoms with Gasteiger partial charge in [0.05, 0.1) is 6.54 Å². The first kappa shape index (κ1) is 19.2. The lowest BCUT2D eigenvalue weighted by Gasteiger charge is -2.23. The summed E-state index contributed by atoms with van der Waals surface area (Å²) in [5.74, 6) is 0.271. The van der Waals surface area contributed by atoms with Crippen molar-refractivity contribution >= 4 is 11.8 Å². The van der Waals surface area contributed by atoms with Crippen LogP contribution in [0.5, 0.6) is 0 Å². The van der Waals surface area contributed by atoms with Crippen molar-refractivity contribution in [3.05, 3.63) is 70.8 Å². The van der Waals surface area contributed by atoms with Gasteiger partial charge in [-0.1, -0.05) is 55.8 Å². The number of hydrogen-bond acceptors (Lipinski definition) is 2. The topological polar surface area (TPSA) is 49.4 Å². The van der Waals surface area contributed by atoms with Crippen LogP contribution in [-0.2, 0) is 11.3 Å². The van der Waals surface area contributed by atoms with Crippen molar-refractivity contribution in [3.8, 4) is 0 Å². The number of nitrogens with zero attached hydrogens (tertiary/aromatic N) is 1. The Labute approximate surface area is 161 Å². The monoisotopic (exact) mass is 364 g/mol. The summed E-state index contributed by atoms with van der Waals surface area (Å²) in [6, 6.07) is 16.2. The van der Waals surface area contributed by atoms with E-state index in [4.69, 9.17) is 0 Å². The molecule has 0 aliphatic heterocycles. The van der Waals surface area contributed by atoms with E-state index in [-0.39, 0.29) is 18.4 Å². The quantitative estimate of drug-likeness (QED) is 0.806. The van der Waals surface area contributed by atoms with E-state index < -0.39 is 0 Å². The van der Waals surface area contributed by atoms with E-state index in [0.29, 0.717) is 24.1 Å². The molecule has 3 rings (SSSR count). The molecule has 0 heterocycles. The first-order valence-electron chi connectivity index (χ1n) is 9.67. The molecule has 0 unspecified atom stereocenters. The minimum Gasteiger partial charge on any atom is -0.343 e. The number of aryl methyl sites for hydroxylation is 1. The molecule has 0 atom stereocenters. The second-order valence-electron chi connectivity index (χ2n) is 7.70. The molecule has 1 saturated carbocycles. The van der Waals surface area contributed by atoms with Gasteiger partial charge in [0.2, 0.25) is 5.91 Å². The minimum absolute atomic E-state index is 0.0218. The van der Waals surface area contributed by atoms with Crippen molar-refractivity contribution < 1.29 is 9.59 Å². The molecule has 0 aromatic heterocycles. The largest absolute Gasteiger partial charge is 0.343 e. The van der Waals surface area contributed by atoms with Crippen molar-refractivity contribution in [2.24, 2.45) is 0 Å². The van der Waals surface area contributed by atoms with Gasteiger partial charge < -0.3 is 10.2 Å². The first-order chi connectivity index (χ1) is 12.9. The first-order valence-corrected chi connectivity index (χ1v) is 9.67. The predicted molar refractivity (Wildman–Crippen MR) is 108 cm³/mol. The molecule has 142 valence electrons. The molecule has 0 radical (unpaired) electrons. The second-order valence-corrected chi connectivity index (χ2v) is 7.70. The number of amides is 2. The molecule has 1 aliphatic carbocycles. The predicted octanol–water partition coefficient (Wildman–Crippen LogP) is 4.04. The smallest absolute Gasteiger partial charge is 0.251 e. The number of hydrogen-bond donors (Lipinski definition) is 1. The highest BCUT2D eigenvalue weighted by atomic mass is 16.2. The van der Waals surface area contributed by atoms with Gasteiger partial charge in [-0.2, -0.15) is 0 Å². The van der Waals surface area contributed by atoms with E-state index in [1.165, 1.54) is 5.56 Å². The van der Waals surface area contributed by atoms with Crippen LogP contribution in [0.2, 0.25) is 0 Å². The zero-order valence-electron chi connectivity index (χ0n) is 16.4. The van der Waals surface area contributed by atoms with Crippen LogP contribution in [0.1, 0.15) is 59.7 Å². The Morgan fingerprint density at radius 2 is 1.81 bits per heavy atom. The van der Waals surface area contributed by atoms with Gasteiger partial charge in [0.25, 0.3) is 5.91 Å². The number of rotatable bonds is 7. The van der Waals surface area contributed by atoms with Crippen molar-refractivity contribution in [1.29, 1.82) is 0 Å². The highest BCUT2D eigenvalue weighted by Gasteiger charge is 2.32. The minimum atomic E-state index is -0.205. The molecule has 0 bridgehead atoms. The molecule has 1 aliphatic rings. The molecule has 2 aromatic carbocycles. The molecular weight excluding hydrogens is 336 g/mol. The van der Waals surface area contributed by atoms with Gasteiger partial charge in [-0.3, -0.25) is 9.59 Å². The second kappa shape index (κ2) is 8.38. The zero-order chi connectivity index (χ0) is 19.4. The van der Waals surface area contributed by atoms with Crippen molar-refractivity contribution in [3.63, 3.8) is 0 Å². The Morgan fingerprint density at radius 1 is 1.11 bits per heavy atom. The average molecular weight is 364 g/mol. The van der Waals surface area contributed by atoms with Crippen LogP contribution in [0, 0.1) is 6.92 Å². The summed E-state index contributed by atoms with van der Waals surface area (Å²) < 4.78 is 0. The molecule has 4 heteroatoms. The lowest BCUT2D eigenvalue weighted by atomic mass is 10.0. The molecule has 1 fully saturated rings. The molecule has 2 amide bonds.